The van der Waals surface area contributed by atoms with Crippen LogP contribution in [0.4, 0.5) is 13.2 Å². The molecule has 1 unspecified atom stereocenters. The molecule has 3 aromatic rings. The Morgan fingerprint density at radius 1 is 1.19 bits per heavy atom. The molecule has 0 radical (unpaired) electrons. The third kappa shape index (κ3) is 5.82. The van der Waals surface area contributed by atoms with Crippen LogP contribution < -0.4 is 5.32 Å². The molecule has 2 heterocycles. The van der Waals surface area contributed by atoms with Gasteiger partial charge in [0.05, 0.1) is 47.1 Å². The molecule has 0 spiro atoms. The average Bonchev–Trinajstić information content (AvgIpc) is 3.24. The minimum absolute atomic E-state index is 0.0433. The molecule has 192 valence electrons. The van der Waals surface area contributed by atoms with E-state index in [-0.39, 0.29) is 24.5 Å². The van der Waals surface area contributed by atoms with Crippen molar-refractivity contribution in [3.8, 4) is 6.07 Å². The number of alkyl halides is 3. The molecule has 9 heteroatoms. The number of benzene rings is 2. The summed E-state index contributed by atoms with van der Waals surface area (Å²) in [6, 6.07) is 14.9. The molecule has 0 fully saturated rings. The number of carbonyl (C=O) groups excluding carboxylic acids is 1. The first-order chi connectivity index (χ1) is 17.6. The van der Waals surface area contributed by atoms with Gasteiger partial charge in [0.25, 0.3) is 5.91 Å². The lowest BCUT2D eigenvalue weighted by Gasteiger charge is -2.27. The van der Waals surface area contributed by atoms with E-state index < -0.39 is 17.8 Å². The van der Waals surface area contributed by atoms with E-state index in [1.807, 2.05) is 6.07 Å². The lowest BCUT2D eigenvalue weighted by atomic mass is 9.99. The monoisotopic (exact) mass is 508 g/mol. The van der Waals surface area contributed by atoms with E-state index >= 15 is 0 Å². The summed E-state index contributed by atoms with van der Waals surface area (Å²) in [4.78, 5) is 19.7. The average molecular weight is 509 g/mol. The largest absolute Gasteiger partial charge is 0.416 e. The summed E-state index contributed by atoms with van der Waals surface area (Å²) in [6.45, 7) is 4.76. The summed E-state index contributed by atoms with van der Waals surface area (Å²) in [6.07, 6.45) is -2.86. The summed E-state index contributed by atoms with van der Waals surface area (Å²) < 4.78 is 38.8. The molecule has 6 nitrogen and oxygen atoms in total. The Morgan fingerprint density at radius 2 is 1.86 bits per heavy atom. The SMILES string of the molecule is CC(C)C1c2ncc(C(=O)N[C@@H](CO)c3ccc(C#N)cc3)cc2CN1Cc1ccc(C(F)(F)F)cc1. The molecule has 2 aromatic carbocycles. The maximum atomic E-state index is 13.0. The highest BCUT2D eigenvalue weighted by atomic mass is 19.4. The Hall–Kier alpha value is -3.74. The van der Waals surface area contributed by atoms with Crippen molar-refractivity contribution in [3.05, 3.63) is 99.9 Å². The lowest BCUT2D eigenvalue weighted by Crippen LogP contribution is -2.31. The van der Waals surface area contributed by atoms with Crippen LogP contribution in [0, 0.1) is 17.2 Å². The number of pyridine rings is 1. The summed E-state index contributed by atoms with van der Waals surface area (Å²) in [5.74, 6) is -0.195. The number of aliphatic hydroxyl groups is 1. The van der Waals surface area contributed by atoms with Gasteiger partial charge in [-0.15, -0.1) is 0 Å². The Balaban J connectivity index is 1.51. The van der Waals surface area contributed by atoms with Gasteiger partial charge in [0.15, 0.2) is 0 Å². The highest BCUT2D eigenvalue weighted by molar-refractivity contribution is 5.94. The standard InChI is InChI=1S/C28H27F3N4O2/c1-17(2)26-25-22(15-35(26)14-19-5-9-23(10-6-19)28(29,30)31)11-21(13-33-25)27(37)34-24(16-36)20-7-3-18(12-32)4-8-20/h3-11,13,17,24,26,36H,14-16H2,1-2H3,(H,34,37)/t24-,26?/m0/s1. The van der Waals surface area contributed by atoms with Gasteiger partial charge in [-0.1, -0.05) is 38.1 Å². The van der Waals surface area contributed by atoms with E-state index in [0.717, 1.165) is 29.0 Å². The van der Waals surface area contributed by atoms with Crippen LogP contribution >= 0.6 is 0 Å². The second-order valence-electron chi connectivity index (χ2n) is 9.50. The van der Waals surface area contributed by atoms with Crippen molar-refractivity contribution in [2.75, 3.05) is 6.61 Å². The molecule has 0 saturated carbocycles. The number of carbonyl (C=O) groups is 1. The van der Waals surface area contributed by atoms with Gasteiger partial charge < -0.3 is 10.4 Å². The van der Waals surface area contributed by atoms with Crippen LogP contribution in [0.3, 0.4) is 0 Å². The predicted molar refractivity (Wildman–Crippen MR) is 131 cm³/mol. The van der Waals surface area contributed by atoms with Crippen molar-refractivity contribution in [2.45, 2.75) is 45.2 Å². The topological polar surface area (TPSA) is 89.2 Å². The number of nitrogens with zero attached hydrogens (tertiary/aromatic N) is 3. The van der Waals surface area contributed by atoms with Crippen molar-refractivity contribution in [1.82, 2.24) is 15.2 Å². The van der Waals surface area contributed by atoms with Crippen LogP contribution in [0.5, 0.6) is 0 Å². The van der Waals surface area contributed by atoms with E-state index in [4.69, 9.17) is 5.26 Å². The Kier molecular flexibility index (Phi) is 7.62. The molecule has 1 aliphatic rings. The first-order valence-electron chi connectivity index (χ1n) is 11.9. The number of fused-ring (bicyclic) bond motifs is 1. The number of nitrogens with one attached hydrogen (secondary N) is 1. The Bertz CT molecular complexity index is 1300. The van der Waals surface area contributed by atoms with Gasteiger partial charge in [0.1, 0.15) is 0 Å². The van der Waals surface area contributed by atoms with E-state index in [1.165, 1.54) is 18.3 Å². The number of hydrogen-bond donors (Lipinski definition) is 2. The number of aromatic nitrogens is 1. The van der Waals surface area contributed by atoms with E-state index in [2.05, 4.69) is 29.0 Å². The van der Waals surface area contributed by atoms with Crippen molar-refractivity contribution < 1.29 is 23.1 Å². The molecule has 1 amide bonds. The van der Waals surface area contributed by atoms with E-state index in [0.29, 0.717) is 29.8 Å². The number of rotatable bonds is 7. The zero-order valence-electron chi connectivity index (χ0n) is 20.5. The minimum Gasteiger partial charge on any atom is -0.394 e. The van der Waals surface area contributed by atoms with E-state index in [1.54, 1.807) is 30.3 Å². The van der Waals surface area contributed by atoms with Crippen LogP contribution in [-0.4, -0.2) is 27.5 Å². The first-order valence-corrected chi connectivity index (χ1v) is 11.9. The van der Waals surface area contributed by atoms with Crippen LogP contribution in [0.1, 0.15) is 69.8 Å². The summed E-state index contributed by atoms with van der Waals surface area (Å²) in [5.41, 5.74) is 3.33. The normalized spacial score (nSPS) is 16.3. The molecule has 1 aromatic heterocycles. The maximum absolute atomic E-state index is 13.0. The zero-order valence-corrected chi connectivity index (χ0v) is 20.5. The molecule has 0 saturated heterocycles. The van der Waals surface area contributed by atoms with Gasteiger partial charge in [-0.25, -0.2) is 0 Å². The van der Waals surface area contributed by atoms with Crippen molar-refractivity contribution in [2.24, 2.45) is 5.92 Å². The van der Waals surface area contributed by atoms with Gasteiger partial charge >= 0.3 is 6.18 Å². The molecule has 2 atom stereocenters. The fourth-order valence-corrected chi connectivity index (χ4v) is 4.72. The molecule has 0 aliphatic carbocycles. The molecule has 4 rings (SSSR count). The molecule has 0 bridgehead atoms. The van der Waals surface area contributed by atoms with Crippen molar-refractivity contribution in [3.63, 3.8) is 0 Å². The van der Waals surface area contributed by atoms with Crippen LogP contribution in [0.15, 0.2) is 60.8 Å². The molecular weight excluding hydrogens is 481 g/mol. The second-order valence-corrected chi connectivity index (χ2v) is 9.50. The number of amides is 1. The van der Waals surface area contributed by atoms with Crippen LogP contribution in [0.25, 0.3) is 0 Å². The minimum atomic E-state index is -4.38. The van der Waals surface area contributed by atoms with Gasteiger partial charge in [-0.05, 0) is 52.9 Å². The summed E-state index contributed by atoms with van der Waals surface area (Å²) in [7, 11) is 0. The fourth-order valence-electron chi connectivity index (χ4n) is 4.72. The summed E-state index contributed by atoms with van der Waals surface area (Å²) in [5, 5.41) is 21.6. The van der Waals surface area contributed by atoms with Crippen molar-refractivity contribution >= 4 is 5.91 Å². The predicted octanol–water partition coefficient (Wildman–Crippen LogP) is 5.15. The van der Waals surface area contributed by atoms with Crippen LogP contribution in [-0.2, 0) is 19.3 Å². The lowest BCUT2D eigenvalue weighted by molar-refractivity contribution is -0.137. The maximum Gasteiger partial charge on any atom is 0.416 e. The van der Waals surface area contributed by atoms with Gasteiger partial charge in [-0.3, -0.25) is 14.7 Å². The Morgan fingerprint density at radius 3 is 2.43 bits per heavy atom. The highest BCUT2D eigenvalue weighted by Crippen LogP contribution is 2.39. The molecular formula is C28H27F3N4O2. The van der Waals surface area contributed by atoms with Crippen LogP contribution in [0.2, 0.25) is 0 Å². The number of hydrogen-bond acceptors (Lipinski definition) is 5. The zero-order chi connectivity index (χ0) is 26.7. The third-order valence-corrected chi connectivity index (χ3v) is 6.54. The third-order valence-electron chi connectivity index (χ3n) is 6.54. The second kappa shape index (κ2) is 10.7. The van der Waals surface area contributed by atoms with Gasteiger partial charge in [0.2, 0.25) is 0 Å². The number of aliphatic hydroxyl groups excluding tert-OH is 1. The highest BCUT2D eigenvalue weighted by Gasteiger charge is 2.35. The van der Waals surface area contributed by atoms with Gasteiger partial charge in [0, 0.05) is 19.3 Å². The number of halogens is 3. The van der Waals surface area contributed by atoms with Crippen molar-refractivity contribution in [1.29, 1.82) is 5.26 Å². The molecule has 37 heavy (non-hydrogen) atoms. The quantitative estimate of drug-likeness (QED) is 0.461. The number of nitriles is 1. The summed E-state index contributed by atoms with van der Waals surface area (Å²) >= 11 is 0. The fraction of sp³-hybridized carbons (Fsp3) is 0.321. The smallest absolute Gasteiger partial charge is 0.394 e. The Labute approximate surface area is 213 Å². The molecule has 1 aliphatic heterocycles. The van der Waals surface area contributed by atoms with E-state index in [9.17, 15) is 23.1 Å². The molecule has 2 N–H and O–H groups in total. The van der Waals surface area contributed by atoms with Gasteiger partial charge in [-0.2, -0.15) is 18.4 Å². The first kappa shape index (κ1) is 26.3.